The van der Waals surface area contributed by atoms with Gasteiger partial charge in [0.2, 0.25) is 5.91 Å². The molecule has 108 valence electrons. The Morgan fingerprint density at radius 3 is 2.65 bits per heavy atom. The van der Waals surface area contributed by atoms with Crippen LogP contribution in [0.2, 0.25) is 0 Å². The second-order valence-corrected chi connectivity index (χ2v) is 7.19. The number of hydrogen-bond acceptors (Lipinski definition) is 4. The van der Waals surface area contributed by atoms with E-state index < -0.39 is 9.84 Å². The molecule has 0 saturated carbocycles. The average Bonchev–Trinajstić information content (AvgIpc) is 2.37. The predicted molar refractivity (Wildman–Crippen MR) is 79.7 cm³/mol. The van der Waals surface area contributed by atoms with Crippen LogP contribution in [-0.2, 0) is 14.6 Å². The molecule has 2 rings (SSSR count). The fourth-order valence-corrected chi connectivity index (χ4v) is 3.80. The van der Waals surface area contributed by atoms with E-state index in [1.807, 2.05) is 12.1 Å². The van der Waals surface area contributed by atoms with Crippen molar-refractivity contribution in [1.29, 1.82) is 0 Å². The molecule has 1 saturated heterocycles. The molecule has 5 nitrogen and oxygen atoms in total. The van der Waals surface area contributed by atoms with Crippen LogP contribution in [0.3, 0.4) is 0 Å². The molecule has 0 bridgehead atoms. The average molecular weight is 294 g/mol. The monoisotopic (exact) mass is 294 g/mol. The maximum Gasteiger partial charge on any atom is 0.244 e. The summed E-state index contributed by atoms with van der Waals surface area (Å²) in [5.41, 5.74) is 7.10. The molecule has 1 fully saturated rings. The van der Waals surface area contributed by atoms with Crippen LogP contribution in [0.1, 0.15) is 18.4 Å². The third-order valence-corrected chi connectivity index (χ3v) is 4.99. The van der Waals surface area contributed by atoms with E-state index in [9.17, 15) is 13.2 Å². The van der Waals surface area contributed by atoms with Crippen LogP contribution in [0.5, 0.6) is 0 Å². The predicted octanol–water partition coefficient (Wildman–Crippen LogP) is 0.975. The van der Waals surface area contributed by atoms with Gasteiger partial charge in [-0.1, -0.05) is 12.1 Å². The van der Waals surface area contributed by atoms with Crippen molar-refractivity contribution in [2.24, 2.45) is 0 Å². The Morgan fingerprint density at radius 2 is 2.00 bits per heavy atom. The highest BCUT2D eigenvalue weighted by molar-refractivity contribution is 7.91. The highest BCUT2D eigenvalue weighted by Crippen LogP contribution is 2.12. The van der Waals surface area contributed by atoms with Crippen LogP contribution in [0.4, 0.5) is 5.69 Å². The second-order valence-electron chi connectivity index (χ2n) is 4.96. The van der Waals surface area contributed by atoms with Crippen LogP contribution in [0, 0.1) is 0 Å². The molecule has 20 heavy (non-hydrogen) atoms. The van der Waals surface area contributed by atoms with Crippen LogP contribution in [-0.4, -0.2) is 31.9 Å². The Morgan fingerprint density at radius 1 is 1.30 bits per heavy atom. The summed E-state index contributed by atoms with van der Waals surface area (Å²) >= 11 is 0. The number of amides is 1. The van der Waals surface area contributed by atoms with E-state index in [0.717, 1.165) is 5.56 Å². The zero-order valence-corrected chi connectivity index (χ0v) is 11.9. The lowest BCUT2D eigenvalue weighted by Crippen LogP contribution is -2.42. The number of carbonyl (C=O) groups excluding carboxylic acids is 1. The van der Waals surface area contributed by atoms with Crippen LogP contribution >= 0.6 is 0 Å². The number of carbonyl (C=O) groups is 1. The Balaban J connectivity index is 1.90. The molecule has 1 aliphatic rings. The van der Waals surface area contributed by atoms with E-state index in [0.29, 0.717) is 18.5 Å². The van der Waals surface area contributed by atoms with Gasteiger partial charge in [0.1, 0.15) is 0 Å². The summed E-state index contributed by atoms with van der Waals surface area (Å²) in [6.45, 7) is 0. The first-order valence-corrected chi connectivity index (χ1v) is 8.31. The molecule has 1 aliphatic heterocycles. The highest BCUT2D eigenvalue weighted by Gasteiger charge is 2.25. The van der Waals surface area contributed by atoms with E-state index in [2.05, 4.69) is 5.32 Å². The van der Waals surface area contributed by atoms with Crippen molar-refractivity contribution < 1.29 is 13.2 Å². The van der Waals surface area contributed by atoms with Gasteiger partial charge in [0.05, 0.1) is 11.5 Å². The van der Waals surface area contributed by atoms with Crippen LogP contribution in [0.15, 0.2) is 30.3 Å². The summed E-state index contributed by atoms with van der Waals surface area (Å²) < 4.78 is 22.9. The third-order valence-electron chi connectivity index (χ3n) is 3.17. The number of hydrogen-bond donors (Lipinski definition) is 2. The first kappa shape index (κ1) is 14.6. The lowest BCUT2D eigenvalue weighted by Gasteiger charge is -2.22. The Bertz CT molecular complexity index is 606. The minimum Gasteiger partial charge on any atom is -0.399 e. The number of benzene rings is 1. The molecule has 1 aromatic carbocycles. The number of sulfone groups is 1. The molecule has 3 N–H and O–H groups in total. The van der Waals surface area contributed by atoms with Crippen molar-refractivity contribution in [3.8, 4) is 0 Å². The first-order valence-electron chi connectivity index (χ1n) is 6.49. The van der Waals surface area contributed by atoms with Crippen LogP contribution in [0.25, 0.3) is 6.08 Å². The summed E-state index contributed by atoms with van der Waals surface area (Å²) in [6, 6.07) is 6.85. The van der Waals surface area contributed by atoms with Gasteiger partial charge in [0, 0.05) is 17.8 Å². The lowest BCUT2D eigenvalue weighted by atomic mass is 10.1. The van der Waals surface area contributed by atoms with E-state index in [4.69, 9.17) is 5.73 Å². The molecule has 1 amide bonds. The van der Waals surface area contributed by atoms with E-state index >= 15 is 0 Å². The smallest absolute Gasteiger partial charge is 0.244 e. The summed E-state index contributed by atoms with van der Waals surface area (Å²) in [5.74, 6) is -0.0151. The molecule has 0 aliphatic carbocycles. The normalized spacial score (nSPS) is 21.7. The first-order chi connectivity index (χ1) is 9.44. The Hall–Kier alpha value is -1.82. The Labute approximate surface area is 118 Å². The molecule has 0 aromatic heterocycles. The number of nitrogens with one attached hydrogen (secondary N) is 1. The summed E-state index contributed by atoms with van der Waals surface area (Å²) in [6.07, 6.45) is 4.40. The largest absolute Gasteiger partial charge is 0.399 e. The number of nitrogens with two attached hydrogens (primary N) is 1. The van der Waals surface area contributed by atoms with E-state index in [1.54, 1.807) is 18.2 Å². The SMILES string of the molecule is Nc1ccc(/C=C/C(=O)NC2CCCS(=O)(=O)C2)cc1. The van der Waals surface area contributed by atoms with Gasteiger partial charge < -0.3 is 11.1 Å². The van der Waals surface area contributed by atoms with E-state index in [1.165, 1.54) is 6.08 Å². The maximum absolute atomic E-state index is 11.7. The number of rotatable bonds is 3. The van der Waals surface area contributed by atoms with Gasteiger partial charge in [-0.3, -0.25) is 4.79 Å². The zero-order valence-electron chi connectivity index (χ0n) is 11.1. The van der Waals surface area contributed by atoms with Crippen molar-refractivity contribution in [3.05, 3.63) is 35.9 Å². The molecule has 0 radical (unpaired) electrons. The van der Waals surface area contributed by atoms with Crippen LogP contribution < -0.4 is 11.1 Å². The summed E-state index contributed by atoms with van der Waals surface area (Å²) in [7, 11) is -3.00. The van der Waals surface area contributed by atoms with Gasteiger partial charge in [0.25, 0.3) is 0 Å². The van der Waals surface area contributed by atoms with E-state index in [-0.39, 0.29) is 23.5 Å². The Kier molecular flexibility index (Phi) is 4.44. The molecule has 1 heterocycles. The van der Waals surface area contributed by atoms with Crippen molar-refractivity contribution in [1.82, 2.24) is 5.32 Å². The summed E-state index contributed by atoms with van der Waals surface area (Å²) in [4.78, 5) is 11.7. The van der Waals surface area contributed by atoms with Crippen molar-refractivity contribution in [3.63, 3.8) is 0 Å². The second kappa shape index (κ2) is 6.09. The standard InChI is InChI=1S/C14H18N2O3S/c15-12-6-3-11(4-7-12)5-8-14(17)16-13-2-1-9-20(18,19)10-13/h3-8,13H,1-2,9-10,15H2,(H,16,17)/b8-5+. The molecule has 6 heteroatoms. The fourth-order valence-electron chi connectivity index (χ4n) is 2.17. The minimum absolute atomic E-state index is 0.0362. The molecule has 1 unspecified atom stereocenters. The third kappa shape index (κ3) is 4.38. The molecule has 1 aromatic rings. The van der Waals surface area contributed by atoms with Gasteiger partial charge in [-0.05, 0) is 36.6 Å². The number of anilines is 1. The highest BCUT2D eigenvalue weighted by atomic mass is 32.2. The quantitative estimate of drug-likeness (QED) is 0.642. The van der Waals surface area contributed by atoms with Crippen molar-refractivity contribution >= 4 is 27.5 Å². The minimum atomic E-state index is -3.00. The van der Waals surface area contributed by atoms with Crippen molar-refractivity contribution in [2.45, 2.75) is 18.9 Å². The van der Waals surface area contributed by atoms with Gasteiger partial charge in [-0.25, -0.2) is 8.42 Å². The maximum atomic E-state index is 11.7. The molecule has 0 spiro atoms. The van der Waals surface area contributed by atoms with Gasteiger partial charge >= 0.3 is 0 Å². The topological polar surface area (TPSA) is 89.3 Å². The van der Waals surface area contributed by atoms with Gasteiger partial charge in [-0.2, -0.15) is 0 Å². The number of nitrogen functional groups attached to an aromatic ring is 1. The zero-order chi connectivity index (χ0) is 14.6. The summed E-state index contributed by atoms with van der Waals surface area (Å²) in [5, 5.41) is 2.73. The van der Waals surface area contributed by atoms with Crippen molar-refractivity contribution in [2.75, 3.05) is 17.2 Å². The lowest BCUT2D eigenvalue weighted by molar-refractivity contribution is -0.117. The fraction of sp³-hybridized carbons (Fsp3) is 0.357. The van der Waals surface area contributed by atoms with Gasteiger partial charge in [0.15, 0.2) is 9.84 Å². The van der Waals surface area contributed by atoms with Gasteiger partial charge in [-0.15, -0.1) is 0 Å². The molecule has 1 atom stereocenters. The molecular weight excluding hydrogens is 276 g/mol. The molecular formula is C14H18N2O3S.